The standard InChI is InChI=1S/C63H42N2/c1-3-12-42(13-4-1)51-28-34-62-57(40-51)58-41-52(43-14-5-2-6-15-43)29-35-63(58)64(62)55-30-24-45(25-31-55)48-26-32-59-53(37-48)39-54-38-50(49-23-22-44-16-7-8-18-47(44)36-49)27-33-60(54)65(59)61-21-11-19-46-17-9-10-20-56(46)61/h1-38,40-41H,39H2. The van der Waals surface area contributed by atoms with E-state index in [0.717, 1.165) is 12.1 Å². The predicted octanol–water partition coefficient (Wildman–Crippen LogP) is 17.1. The molecule has 2 heterocycles. The van der Waals surface area contributed by atoms with Gasteiger partial charge in [-0.25, -0.2) is 0 Å². The van der Waals surface area contributed by atoms with E-state index in [1.165, 1.54) is 116 Å². The number of nitrogens with zero attached hydrogens (tertiary/aromatic N) is 2. The van der Waals surface area contributed by atoms with Gasteiger partial charge in [0.25, 0.3) is 0 Å². The van der Waals surface area contributed by atoms with E-state index >= 15 is 0 Å². The first-order chi connectivity index (χ1) is 32.2. The number of aromatic nitrogens is 1. The van der Waals surface area contributed by atoms with Crippen molar-refractivity contribution in [3.63, 3.8) is 0 Å². The first-order valence-electron chi connectivity index (χ1n) is 22.5. The van der Waals surface area contributed by atoms with Crippen molar-refractivity contribution in [2.45, 2.75) is 6.42 Å². The van der Waals surface area contributed by atoms with Crippen molar-refractivity contribution in [2.24, 2.45) is 0 Å². The number of anilines is 3. The van der Waals surface area contributed by atoms with Gasteiger partial charge in [-0.05, 0) is 145 Å². The molecule has 0 aliphatic carbocycles. The van der Waals surface area contributed by atoms with E-state index in [2.05, 4.69) is 252 Å². The summed E-state index contributed by atoms with van der Waals surface area (Å²) in [5.74, 6) is 0. The summed E-state index contributed by atoms with van der Waals surface area (Å²) in [5.41, 5.74) is 19.6. The lowest BCUT2D eigenvalue weighted by atomic mass is 9.89. The maximum Gasteiger partial charge on any atom is 0.0541 e. The van der Waals surface area contributed by atoms with Crippen LogP contribution >= 0.6 is 0 Å². The second-order valence-corrected chi connectivity index (χ2v) is 17.3. The van der Waals surface area contributed by atoms with Gasteiger partial charge in [-0.2, -0.15) is 0 Å². The molecule has 11 aromatic carbocycles. The van der Waals surface area contributed by atoms with E-state index in [1.54, 1.807) is 0 Å². The molecule has 65 heavy (non-hydrogen) atoms. The molecule has 1 aromatic heterocycles. The molecule has 304 valence electrons. The molecule has 12 aromatic rings. The minimum Gasteiger partial charge on any atom is -0.309 e. The van der Waals surface area contributed by atoms with E-state index in [0.29, 0.717) is 0 Å². The number of hydrogen-bond donors (Lipinski definition) is 0. The lowest BCUT2D eigenvalue weighted by molar-refractivity contribution is 1.09. The summed E-state index contributed by atoms with van der Waals surface area (Å²) in [4.78, 5) is 2.49. The monoisotopic (exact) mass is 826 g/mol. The van der Waals surface area contributed by atoms with E-state index in [9.17, 15) is 0 Å². The zero-order chi connectivity index (χ0) is 42.8. The molecule has 0 amide bonds. The zero-order valence-corrected chi connectivity index (χ0v) is 35.7. The molecule has 1 aliphatic rings. The van der Waals surface area contributed by atoms with Crippen molar-refractivity contribution in [3.8, 4) is 50.2 Å². The maximum atomic E-state index is 2.49. The van der Waals surface area contributed by atoms with Gasteiger partial charge in [-0.15, -0.1) is 0 Å². The van der Waals surface area contributed by atoms with Crippen molar-refractivity contribution in [1.82, 2.24) is 4.57 Å². The molecule has 0 saturated heterocycles. The van der Waals surface area contributed by atoms with Crippen LogP contribution in [-0.4, -0.2) is 4.57 Å². The topological polar surface area (TPSA) is 8.17 Å². The smallest absolute Gasteiger partial charge is 0.0541 e. The second-order valence-electron chi connectivity index (χ2n) is 17.3. The van der Waals surface area contributed by atoms with Crippen LogP contribution in [0, 0.1) is 0 Å². The summed E-state index contributed by atoms with van der Waals surface area (Å²) in [6.07, 6.45) is 0.844. The summed E-state index contributed by atoms with van der Waals surface area (Å²) >= 11 is 0. The Kier molecular flexibility index (Phi) is 8.63. The van der Waals surface area contributed by atoms with Crippen LogP contribution in [0.3, 0.4) is 0 Å². The Morgan fingerprint density at radius 1 is 0.262 bits per heavy atom. The van der Waals surface area contributed by atoms with Crippen molar-refractivity contribution < 1.29 is 0 Å². The minimum atomic E-state index is 0.844. The van der Waals surface area contributed by atoms with Crippen LogP contribution in [0.4, 0.5) is 17.1 Å². The Hall–Kier alpha value is -8.46. The fourth-order valence-electron chi connectivity index (χ4n) is 10.3. The summed E-state index contributed by atoms with van der Waals surface area (Å²) in [7, 11) is 0. The van der Waals surface area contributed by atoms with Crippen LogP contribution in [-0.2, 0) is 6.42 Å². The Balaban J connectivity index is 0.912. The molecule has 0 unspecified atom stereocenters. The molecule has 2 heteroatoms. The first kappa shape index (κ1) is 37.1. The van der Waals surface area contributed by atoms with Crippen molar-refractivity contribution in [3.05, 3.63) is 254 Å². The summed E-state index contributed by atoms with van der Waals surface area (Å²) in [6, 6.07) is 89.3. The Bertz CT molecular complexity index is 3680. The number of rotatable bonds is 6. The molecular weight excluding hydrogens is 785 g/mol. The average Bonchev–Trinajstić information content (AvgIpc) is 3.71. The Morgan fingerprint density at radius 2 is 0.723 bits per heavy atom. The largest absolute Gasteiger partial charge is 0.309 e. The van der Waals surface area contributed by atoms with Crippen molar-refractivity contribution >= 4 is 60.4 Å². The molecule has 0 saturated carbocycles. The predicted molar refractivity (Wildman–Crippen MR) is 275 cm³/mol. The van der Waals surface area contributed by atoms with Gasteiger partial charge in [0.1, 0.15) is 0 Å². The third-order valence-corrected chi connectivity index (χ3v) is 13.6. The lowest BCUT2D eigenvalue weighted by Crippen LogP contribution is -2.19. The number of fused-ring (bicyclic) bond motifs is 7. The van der Waals surface area contributed by atoms with Crippen LogP contribution in [0.2, 0.25) is 0 Å². The molecule has 0 N–H and O–H groups in total. The Labute approximate surface area is 378 Å². The van der Waals surface area contributed by atoms with Gasteiger partial charge in [-0.3, -0.25) is 0 Å². The quantitative estimate of drug-likeness (QED) is 0.162. The van der Waals surface area contributed by atoms with E-state index in [4.69, 9.17) is 0 Å². The SMILES string of the molecule is c1ccc(-c2ccc3c(c2)c2cc(-c4ccccc4)ccc2n3-c2ccc(-c3ccc4c(c3)Cc3cc(-c5ccc6ccccc6c5)ccc3N4c3cccc4ccccc34)cc2)cc1. The molecule has 2 nitrogen and oxygen atoms in total. The Morgan fingerprint density at radius 3 is 1.37 bits per heavy atom. The highest BCUT2D eigenvalue weighted by Gasteiger charge is 2.26. The third kappa shape index (κ3) is 6.33. The van der Waals surface area contributed by atoms with Crippen LogP contribution in [0.1, 0.15) is 11.1 Å². The summed E-state index contributed by atoms with van der Waals surface area (Å²) in [5, 5.41) is 7.49. The third-order valence-electron chi connectivity index (χ3n) is 13.6. The fourth-order valence-corrected chi connectivity index (χ4v) is 10.3. The molecule has 0 atom stereocenters. The molecule has 0 radical (unpaired) electrons. The average molecular weight is 827 g/mol. The van der Waals surface area contributed by atoms with E-state index in [1.807, 2.05) is 0 Å². The maximum absolute atomic E-state index is 2.49. The first-order valence-corrected chi connectivity index (χ1v) is 22.5. The molecule has 13 rings (SSSR count). The fraction of sp³-hybridized carbons (Fsp3) is 0.0159. The van der Waals surface area contributed by atoms with Crippen molar-refractivity contribution in [2.75, 3.05) is 4.90 Å². The number of benzene rings is 11. The molecule has 0 spiro atoms. The molecule has 1 aliphatic heterocycles. The normalized spacial score (nSPS) is 12.2. The minimum absolute atomic E-state index is 0.844. The molecule has 0 bridgehead atoms. The van der Waals surface area contributed by atoms with Gasteiger partial charge >= 0.3 is 0 Å². The van der Waals surface area contributed by atoms with E-state index in [-0.39, 0.29) is 0 Å². The molecular formula is C63H42N2. The van der Waals surface area contributed by atoms with Crippen LogP contribution in [0.25, 0.3) is 93.5 Å². The van der Waals surface area contributed by atoms with Gasteiger partial charge < -0.3 is 9.47 Å². The molecule has 0 fully saturated rings. The summed E-state index contributed by atoms with van der Waals surface area (Å²) < 4.78 is 2.43. The highest BCUT2D eigenvalue weighted by molar-refractivity contribution is 6.12. The van der Waals surface area contributed by atoms with Crippen LogP contribution < -0.4 is 4.90 Å². The van der Waals surface area contributed by atoms with Crippen LogP contribution in [0.15, 0.2) is 243 Å². The lowest BCUT2D eigenvalue weighted by Gasteiger charge is -2.35. The van der Waals surface area contributed by atoms with Gasteiger partial charge in [0, 0.05) is 39.6 Å². The zero-order valence-electron chi connectivity index (χ0n) is 35.7. The van der Waals surface area contributed by atoms with Gasteiger partial charge in [-0.1, -0.05) is 170 Å². The highest BCUT2D eigenvalue weighted by atomic mass is 15.2. The van der Waals surface area contributed by atoms with Gasteiger partial charge in [0.15, 0.2) is 0 Å². The van der Waals surface area contributed by atoms with Gasteiger partial charge in [0.2, 0.25) is 0 Å². The van der Waals surface area contributed by atoms with Gasteiger partial charge in [0.05, 0.1) is 16.7 Å². The van der Waals surface area contributed by atoms with Crippen LogP contribution in [0.5, 0.6) is 0 Å². The summed E-state index contributed by atoms with van der Waals surface area (Å²) in [6.45, 7) is 0. The highest BCUT2D eigenvalue weighted by Crippen LogP contribution is 2.48. The second kappa shape index (κ2) is 15.1. The van der Waals surface area contributed by atoms with Crippen molar-refractivity contribution in [1.29, 1.82) is 0 Å². The van der Waals surface area contributed by atoms with E-state index < -0.39 is 0 Å². The number of hydrogen-bond acceptors (Lipinski definition) is 1.